The zero-order valence-electron chi connectivity index (χ0n) is 62.7. The minimum absolute atomic E-state index is 0.0104. The van der Waals surface area contributed by atoms with E-state index in [2.05, 4.69) is 63.2 Å². The molecule has 0 bridgehead atoms. The second-order valence-corrected chi connectivity index (χ2v) is 29.9. The van der Waals surface area contributed by atoms with Gasteiger partial charge in [-0.1, -0.05) is 29.4 Å². The van der Waals surface area contributed by atoms with E-state index in [0.717, 1.165) is 7.11 Å². The van der Waals surface area contributed by atoms with Crippen molar-refractivity contribution in [2.45, 2.75) is 278 Å². The molecule has 1 aromatic carbocycles. The van der Waals surface area contributed by atoms with Gasteiger partial charge in [-0.05, 0) is 186 Å². The molecule has 1 rings (SSSR count). The van der Waals surface area contributed by atoms with Gasteiger partial charge in [-0.25, -0.2) is 28.8 Å². The summed E-state index contributed by atoms with van der Waals surface area (Å²) in [7, 11) is 0.987. The maximum atomic E-state index is 14.3. The smallest absolute Gasteiger partial charge is 0.407 e. The standard InChI is InChI=1S/C68H111N13O21/c1-63(2,3)97-51(84)31-30-45(59(92)101-67(13,14)15)80-61(94)79-44(58(91)100-66(10,11)12)25-21-22-33-70-60(93)73-39-42-28-26-41(27-29-42)36-50(83)76-46(37-52(85)98-64(4,5)6)55(88)77-47(38-53(86)99-65(7,8)9)56(89)78-48(57(90)96-19)40-72-54(87)43(75-49(82)32-35-74-81-69)24-20-23-34-71-62(95)102-68(16,17)18/h26-29,43-48H,20-25,30-40H2,1-19H3,(H,71,95)(H,72,87)(H,75,82)(H,76,83)(H,77,88)(H,78,89)(H2,70,73,93)(H2,79,80,94)/t43-,44-,45-,46-,47-,48-/m0/s1. The second kappa shape index (κ2) is 42.7. The Kier molecular flexibility index (Phi) is 37.9. The summed E-state index contributed by atoms with van der Waals surface area (Å²) in [5, 5.41) is 28.8. The number of carbonyl (C=O) groups is 14. The van der Waals surface area contributed by atoms with Crippen molar-refractivity contribution in [3.8, 4) is 0 Å². The van der Waals surface area contributed by atoms with E-state index in [-0.39, 0.29) is 71.1 Å². The van der Waals surface area contributed by atoms with Gasteiger partial charge in [0, 0.05) is 50.5 Å². The van der Waals surface area contributed by atoms with Crippen LogP contribution < -0.4 is 53.2 Å². The van der Waals surface area contributed by atoms with Crippen LogP contribution in [-0.2, 0) is 98.9 Å². The minimum Gasteiger partial charge on any atom is -0.467 e. The number of hydrogen-bond acceptors (Lipinski definition) is 22. The highest BCUT2D eigenvalue weighted by molar-refractivity contribution is 5.97. The van der Waals surface area contributed by atoms with Crippen LogP contribution in [0.3, 0.4) is 0 Å². The van der Waals surface area contributed by atoms with Crippen LogP contribution in [0.1, 0.15) is 206 Å². The summed E-state index contributed by atoms with van der Waals surface area (Å²) in [5.74, 6) is -9.78. The number of nitrogens with one attached hydrogen (secondary N) is 10. The number of hydrogen-bond donors (Lipinski definition) is 10. The van der Waals surface area contributed by atoms with Gasteiger partial charge in [0.1, 0.15) is 69.9 Å². The predicted molar refractivity (Wildman–Crippen MR) is 371 cm³/mol. The Morgan fingerprint density at radius 2 is 0.843 bits per heavy atom. The van der Waals surface area contributed by atoms with E-state index in [0.29, 0.717) is 30.4 Å². The Hall–Kier alpha value is -9.49. The van der Waals surface area contributed by atoms with E-state index >= 15 is 0 Å². The van der Waals surface area contributed by atoms with Gasteiger partial charge in [-0.15, -0.1) is 0 Å². The average molecular weight is 1450 g/mol. The summed E-state index contributed by atoms with van der Waals surface area (Å²) in [6, 6.07) is -4.04. The summed E-state index contributed by atoms with van der Waals surface area (Å²) >= 11 is 0. The van der Waals surface area contributed by atoms with Gasteiger partial charge in [0.15, 0.2) is 0 Å². The van der Waals surface area contributed by atoms with Gasteiger partial charge in [0.25, 0.3) is 0 Å². The van der Waals surface area contributed by atoms with Crippen LogP contribution >= 0.6 is 0 Å². The summed E-state index contributed by atoms with van der Waals surface area (Å²) in [6.45, 7) is 28.8. The van der Waals surface area contributed by atoms with Crippen LogP contribution in [0.25, 0.3) is 10.4 Å². The lowest BCUT2D eigenvalue weighted by atomic mass is 10.1. The monoisotopic (exact) mass is 1450 g/mol. The third-order valence-corrected chi connectivity index (χ3v) is 13.0. The molecule has 0 radical (unpaired) electrons. The molecule has 0 aliphatic heterocycles. The number of esters is 6. The first-order chi connectivity index (χ1) is 46.9. The first-order valence-electron chi connectivity index (χ1n) is 33.8. The number of benzene rings is 1. The zero-order chi connectivity index (χ0) is 78.0. The van der Waals surface area contributed by atoms with Gasteiger partial charge in [0.05, 0.1) is 26.4 Å². The largest absolute Gasteiger partial charge is 0.467 e. The fourth-order valence-electron chi connectivity index (χ4n) is 8.82. The molecule has 0 aliphatic rings. The molecule has 6 atom stereocenters. The van der Waals surface area contributed by atoms with Crippen LogP contribution in [0, 0.1) is 0 Å². The molecule has 0 saturated carbocycles. The van der Waals surface area contributed by atoms with Crippen LogP contribution in [0.5, 0.6) is 0 Å². The summed E-state index contributed by atoms with van der Waals surface area (Å²) in [6.07, 6.45) is -1.95. The second-order valence-electron chi connectivity index (χ2n) is 29.9. The molecule has 0 unspecified atom stereocenters. The molecule has 102 heavy (non-hydrogen) atoms. The van der Waals surface area contributed by atoms with Crippen LogP contribution in [0.15, 0.2) is 29.4 Å². The number of urea groups is 2. The van der Waals surface area contributed by atoms with Crippen molar-refractivity contribution in [2.75, 3.05) is 33.3 Å². The molecular formula is C68H111N13O21. The van der Waals surface area contributed by atoms with Crippen molar-refractivity contribution in [1.29, 1.82) is 0 Å². The fourth-order valence-corrected chi connectivity index (χ4v) is 8.82. The van der Waals surface area contributed by atoms with Crippen molar-refractivity contribution in [3.63, 3.8) is 0 Å². The normalized spacial score (nSPS) is 13.4. The van der Waals surface area contributed by atoms with E-state index < -0.39 is 173 Å². The molecule has 34 heteroatoms. The molecule has 34 nitrogen and oxygen atoms in total. The van der Waals surface area contributed by atoms with Crippen LogP contribution in [-0.4, -0.2) is 187 Å². The Balaban J connectivity index is 3.26. The van der Waals surface area contributed by atoms with Gasteiger partial charge in [0.2, 0.25) is 29.5 Å². The number of nitrogens with zero attached hydrogens (tertiary/aromatic N) is 3. The van der Waals surface area contributed by atoms with Crippen molar-refractivity contribution < 1.29 is 100 Å². The molecule has 10 amide bonds. The Morgan fingerprint density at radius 1 is 0.412 bits per heavy atom. The van der Waals surface area contributed by atoms with Crippen molar-refractivity contribution in [2.24, 2.45) is 5.11 Å². The molecule has 0 spiro atoms. The Morgan fingerprint density at radius 3 is 1.32 bits per heavy atom. The van der Waals surface area contributed by atoms with Gasteiger partial charge in [-0.2, -0.15) is 0 Å². The van der Waals surface area contributed by atoms with E-state index in [1.807, 2.05) is 0 Å². The van der Waals surface area contributed by atoms with E-state index in [1.165, 1.54) is 0 Å². The quantitative estimate of drug-likeness (QED) is 0.0102. The zero-order valence-corrected chi connectivity index (χ0v) is 62.7. The number of methoxy groups -OCH3 is 1. The lowest BCUT2D eigenvalue weighted by Gasteiger charge is -2.27. The molecule has 0 aliphatic carbocycles. The van der Waals surface area contributed by atoms with E-state index in [1.54, 1.807) is 149 Å². The van der Waals surface area contributed by atoms with Crippen molar-refractivity contribution in [1.82, 2.24) is 53.2 Å². The number of alkyl carbamates (subject to hydrolysis) is 1. The third kappa shape index (κ3) is 43.9. The topological polar surface area (TPSA) is 473 Å². The fraction of sp³-hybridized carbons (Fsp3) is 0.706. The molecular weight excluding hydrogens is 1330 g/mol. The SMILES string of the molecule is COC(=O)[C@H](CNC(=O)[C@H](CCCCNC(=O)OC(C)(C)C)NC(=O)CCN=[N+]=[N-])NC(=O)[C@H](CC(=O)OC(C)(C)C)NC(=O)[C@H](CC(=O)OC(C)(C)C)NC(=O)Cc1ccc(CNC(=O)NCCCC[C@H](NC(=O)N[C@@H](CCC(=O)OC(C)(C)C)C(=O)OC(C)(C)C)C(=O)OC(C)(C)C)cc1. The van der Waals surface area contributed by atoms with Gasteiger partial charge >= 0.3 is 54.0 Å². The maximum absolute atomic E-state index is 14.3. The number of amides is 10. The molecule has 1 aromatic rings. The first-order valence-corrected chi connectivity index (χ1v) is 33.8. The minimum atomic E-state index is -1.87. The summed E-state index contributed by atoms with van der Waals surface area (Å²) < 4.78 is 37.5. The lowest BCUT2D eigenvalue weighted by Crippen LogP contribution is -2.59. The predicted octanol–water partition coefficient (Wildman–Crippen LogP) is 5.13. The molecule has 0 saturated heterocycles. The average Bonchev–Trinajstić information content (AvgIpc) is 0.859. The van der Waals surface area contributed by atoms with Crippen molar-refractivity contribution >= 4 is 83.5 Å². The highest BCUT2D eigenvalue weighted by Crippen LogP contribution is 2.18. The third-order valence-electron chi connectivity index (χ3n) is 13.0. The Bertz CT molecular complexity index is 3060. The lowest BCUT2D eigenvalue weighted by molar-refractivity contribution is -0.159. The first kappa shape index (κ1) is 90.5. The summed E-state index contributed by atoms with van der Waals surface area (Å²) in [5.41, 5.74) is 4.18. The number of unbranched alkanes of at least 4 members (excludes halogenated alkanes) is 2. The maximum Gasteiger partial charge on any atom is 0.407 e. The van der Waals surface area contributed by atoms with Crippen LogP contribution in [0.4, 0.5) is 14.4 Å². The highest BCUT2D eigenvalue weighted by Gasteiger charge is 2.37. The van der Waals surface area contributed by atoms with Crippen molar-refractivity contribution in [3.05, 3.63) is 45.8 Å². The van der Waals surface area contributed by atoms with Gasteiger partial charge in [-0.3, -0.25) is 38.4 Å². The number of rotatable bonds is 38. The van der Waals surface area contributed by atoms with E-state index in [4.69, 9.17) is 38.7 Å². The Labute approximate surface area is 597 Å². The van der Waals surface area contributed by atoms with Crippen LogP contribution in [0.2, 0.25) is 0 Å². The number of ether oxygens (including phenoxy) is 7. The highest BCUT2D eigenvalue weighted by atomic mass is 16.6. The number of carbonyl (C=O) groups excluding carboxylic acids is 14. The molecule has 0 fully saturated rings. The molecule has 0 heterocycles. The summed E-state index contributed by atoms with van der Waals surface area (Å²) in [4.78, 5) is 189. The molecule has 0 aromatic heterocycles. The molecule has 574 valence electrons. The van der Waals surface area contributed by atoms with Gasteiger partial charge < -0.3 is 86.3 Å². The van der Waals surface area contributed by atoms with E-state index in [9.17, 15) is 67.1 Å². The molecule has 10 N–H and O–H groups in total. The number of azide groups is 1.